The summed E-state index contributed by atoms with van der Waals surface area (Å²) >= 11 is 0. The van der Waals surface area contributed by atoms with Crippen LogP contribution in [0.25, 0.3) is 0 Å². The highest BCUT2D eigenvalue weighted by molar-refractivity contribution is 5.79. The van der Waals surface area contributed by atoms with Gasteiger partial charge in [0.15, 0.2) is 5.96 Å². The Morgan fingerprint density at radius 2 is 2.19 bits per heavy atom. The average Bonchev–Trinajstić information content (AvgIpc) is 2.65. The molecule has 0 saturated carbocycles. The minimum Gasteiger partial charge on any atom is -0.496 e. The highest BCUT2D eigenvalue weighted by atomic mass is 16.5. The zero-order valence-electron chi connectivity index (χ0n) is 17.5. The molecule has 2 rings (SSSR count). The van der Waals surface area contributed by atoms with Gasteiger partial charge in [-0.3, -0.25) is 9.89 Å². The Hall–Kier alpha value is -1.79. The Labute approximate surface area is 164 Å². The maximum Gasteiger partial charge on any atom is 0.191 e. The van der Waals surface area contributed by atoms with Crippen LogP contribution in [0.5, 0.6) is 5.75 Å². The molecule has 27 heavy (non-hydrogen) atoms. The van der Waals surface area contributed by atoms with Crippen molar-refractivity contribution >= 4 is 5.96 Å². The predicted molar refractivity (Wildman–Crippen MR) is 112 cm³/mol. The Balaban J connectivity index is 1.73. The molecule has 1 heterocycles. The molecule has 0 aromatic heterocycles. The van der Waals surface area contributed by atoms with Gasteiger partial charge in [0, 0.05) is 39.8 Å². The highest BCUT2D eigenvalue weighted by Crippen LogP contribution is 2.19. The topological polar surface area (TPSA) is 58.1 Å². The molecule has 6 nitrogen and oxygen atoms in total. The Morgan fingerprint density at radius 3 is 2.89 bits per heavy atom. The van der Waals surface area contributed by atoms with Crippen LogP contribution in [-0.2, 0) is 11.2 Å². The van der Waals surface area contributed by atoms with Crippen molar-refractivity contribution < 1.29 is 9.47 Å². The lowest BCUT2D eigenvalue weighted by Gasteiger charge is -2.34. The number of aliphatic imine (C=N–C) groups is 1. The van der Waals surface area contributed by atoms with E-state index < -0.39 is 0 Å². The molecule has 1 aliphatic rings. The van der Waals surface area contributed by atoms with E-state index in [4.69, 9.17) is 9.47 Å². The maximum atomic E-state index is 5.89. The second kappa shape index (κ2) is 11.1. The molecule has 2 N–H and O–H groups in total. The maximum absolute atomic E-state index is 5.89. The third-order valence-corrected chi connectivity index (χ3v) is 4.75. The molecule has 0 amide bonds. The van der Waals surface area contributed by atoms with E-state index in [9.17, 15) is 0 Å². The summed E-state index contributed by atoms with van der Waals surface area (Å²) in [5.41, 5.74) is 2.41. The first-order chi connectivity index (χ1) is 13.0. The molecule has 1 unspecified atom stereocenters. The Bertz CT molecular complexity index is 604. The first-order valence-corrected chi connectivity index (χ1v) is 9.93. The number of aryl methyl sites for hydroxylation is 1. The minimum absolute atomic E-state index is 0.206. The number of nitrogens with one attached hydrogen (secondary N) is 2. The smallest absolute Gasteiger partial charge is 0.191 e. The van der Waals surface area contributed by atoms with Crippen LogP contribution >= 0.6 is 0 Å². The fraction of sp³-hybridized carbons (Fsp3) is 0.667. The van der Waals surface area contributed by atoms with Gasteiger partial charge in [-0.1, -0.05) is 26.0 Å². The number of nitrogens with zero attached hydrogens (tertiary/aromatic N) is 2. The normalized spacial score (nSPS) is 18.6. The van der Waals surface area contributed by atoms with E-state index in [-0.39, 0.29) is 6.10 Å². The van der Waals surface area contributed by atoms with Crippen molar-refractivity contribution in [2.24, 2.45) is 10.9 Å². The van der Waals surface area contributed by atoms with Gasteiger partial charge in [-0.15, -0.1) is 0 Å². The van der Waals surface area contributed by atoms with Crippen LogP contribution in [0, 0.1) is 12.8 Å². The molecule has 6 heteroatoms. The van der Waals surface area contributed by atoms with Gasteiger partial charge in [0.25, 0.3) is 0 Å². The number of rotatable bonds is 8. The highest BCUT2D eigenvalue weighted by Gasteiger charge is 2.21. The minimum atomic E-state index is 0.206. The van der Waals surface area contributed by atoms with Crippen molar-refractivity contribution in [2.75, 3.05) is 53.5 Å². The number of ether oxygens (including phenoxy) is 2. The molecule has 152 valence electrons. The van der Waals surface area contributed by atoms with E-state index in [1.807, 2.05) is 0 Å². The van der Waals surface area contributed by atoms with E-state index >= 15 is 0 Å². The van der Waals surface area contributed by atoms with Crippen LogP contribution in [0.3, 0.4) is 0 Å². The van der Waals surface area contributed by atoms with Gasteiger partial charge in [-0.2, -0.15) is 0 Å². The molecule has 0 bridgehead atoms. The summed E-state index contributed by atoms with van der Waals surface area (Å²) in [5.74, 6) is 2.45. The van der Waals surface area contributed by atoms with E-state index in [1.54, 1.807) is 14.2 Å². The van der Waals surface area contributed by atoms with Crippen LogP contribution in [-0.4, -0.2) is 70.5 Å². The summed E-state index contributed by atoms with van der Waals surface area (Å²) < 4.78 is 11.3. The molecule has 1 aromatic carbocycles. The number of hydrogen-bond donors (Lipinski definition) is 2. The summed E-state index contributed by atoms with van der Waals surface area (Å²) in [4.78, 5) is 6.81. The van der Waals surface area contributed by atoms with Crippen molar-refractivity contribution in [1.82, 2.24) is 15.5 Å². The van der Waals surface area contributed by atoms with E-state index in [0.717, 1.165) is 63.0 Å². The molecule has 0 aliphatic carbocycles. The van der Waals surface area contributed by atoms with Crippen molar-refractivity contribution in [1.29, 1.82) is 0 Å². The quantitative estimate of drug-likeness (QED) is 0.537. The summed E-state index contributed by atoms with van der Waals surface area (Å²) in [6, 6.07) is 6.35. The average molecular weight is 377 g/mol. The third-order valence-electron chi connectivity index (χ3n) is 4.75. The lowest BCUT2D eigenvalue weighted by Crippen LogP contribution is -2.50. The van der Waals surface area contributed by atoms with Crippen molar-refractivity contribution in [3.05, 3.63) is 29.3 Å². The molecule has 0 spiro atoms. The molecular formula is C21H36N4O2. The van der Waals surface area contributed by atoms with Gasteiger partial charge in [-0.25, -0.2) is 0 Å². The summed E-state index contributed by atoms with van der Waals surface area (Å²) in [6.45, 7) is 12.1. The molecule has 1 aliphatic heterocycles. The Kier molecular flexibility index (Phi) is 8.88. The van der Waals surface area contributed by atoms with Gasteiger partial charge in [-0.05, 0) is 36.5 Å². The van der Waals surface area contributed by atoms with Gasteiger partial charge in [0.05, 0.1) is 19.8 Å². The number of methoxy groups -OCH3 is 1. The standard InChI is InChI=1S/C21H36N4O2/c1-16(2)14-25-10-11-27-19(15-25)13-24-21(22-4)23-9-8-18-7-6-17(3)20(12-18)26-5/h6-7,12,16,19H,8-11,13-15H2,1-5H3,(H2,22,23,24). The first kappa shape index (κ1) is 21.5. The molecule has 1 aromatic rings. The van der Waals surface area contributed by atoms with Crippen LogP contribution < -0.4 is 15.4 Å². The lowest BCUT2D eigenvalue weighted by molar-refractivity contribution is -0.0284. The summed E-state index contributed by atoms with van der Waals surface area (Å²) in [5, 5.41) is 6.78. The van der Waals surface area contributed by atoms with Crippen LogP contribution in [0.4, 0.5) is 0 Å². The van der Waals surface area contributed by atoms with Crippen LogP contribution in [0.2, 0.25) is 0 Å². The fourth-order valence-corrected chi connectivity index (χ4v) is 3.36. The SMILES string of the molecule is CN=C(NCCc1ccc(C)c(OC)c1)NCC1CN(CC(C)C)CCO1. The molecule has 1 saturated heterocycles. The van der Waals surface area contributed by atoms with Crippen LogP contribution in [0.1, 0.15) is 25.0 Å². The van der Waals surface area contributed by atoms with Crippen LogP contribution in [0.15, 0.2) is 23.2 Å². The number of morpholine rings is 1. The Morgan fingerprint density at radius 1 is 1.37 bits per heavy atom. The van der Waals surface area contributed by atoms with Crippen molar-refractivity contribution in [3.63, 3.8) is 0 Å². The van der Waals surface area contributed by atoms with Crippen molar-refractivity contribution in [3.8, 4) is 5.75 Å². The number of hydrogen-bond acceptors (Lipinski definition) is 4. The third kappa shape index (κ3) is 7.39. The zero-order valence-corrected chi connectivity index (χ0v) is 17.5. The van der Waals surface area contributed by atoms with E-state index in [2.05, 4.69) is 59.5 Å². The second-order valence-electron chi connectivity index (χ2n) is 7.58. The van der Waals surface area contributed by atoms with E-state index in [1.165, 1.54) is 5.56 Å². The fourth-order valence-electron chi connectivity index (χ4n) is 3.36. The van der Waals surface area contributed by atoms with Crippen molar-refractivity contribution in [2.45, 2.75) is 33.3 Å². The number of benzene rings is 1. The van der Waals surface area contributed by atoms with E-state index in [0.29, 0.717) is 5.92 Å². The second-order valence-corrected chi connectivity index (χ2v) is 7.58. The van der Waals surface area contributed by atoms with Gasteiger partial charge >= 0.3 is 0 Å². The molecule has 0 radical (unpaired) electrons. The summed E-state index contributed by atoms with van der Waals surface area (Å²) in [6.07, 6.45) is 1.12. The first-order valence-electron chi connectivity index (χ1n) is 9.93. The molecule has 1 atom stereocenters. The monoisotopic (exact) mass is 376 g/mol. The zero-order chi connectivity index (χ0) is 19.6. The molecule has 1 fully saturated rings. The number of guanidine groups is 1. The van der Waals surface area contributed by atoms with Gasteiger partial charge in [0.1, 0.15) is 5.75 Å². The van der Waals surface area contributed by atoms with Gasteiger partial charge < -0.3 is 20.1 Å². The molecular weight excluding hydrogens is 340 g/mol. The van der Waals surface area contributed by atoms with Gasteiger partial charge in [0.2, 0.25) is 0 Å². The summed E-state index contributed by atoms with van der Waals surface area (Å²) in [7, 11) is 3.52. The largest absolute Gasteiger partial charge is 0.496 e. The predicted octanol–water partition coefficient (Wildman–Crippen LogP) is 2.07. The lowest BCUT2D eigenvalue weighted by atomic mass is 10.1.